The molecule has 0 unspecified atom stereocenters. The first kappa shape index (κ1) is 50.6. The number of imide groups is 1. The highest BCUT2D eigenvalue weighted by Crippen LogP contribution is 2.51. The van der Waals surface area contributed by atoms with Gasteiger partial charge in [-0.05, 0) is 139 Å². The number of nitrogens with one attached hydrogen (secondary N) is 3. The topological polar surface area (TPSA) is 210 Å². The van der Waals surface area contributed by atoms with Crippen LogP contribution in [0.5, 0.6) is 0 Å². The van der Waals surface area contributed by atoms with Crippen molar-refractivity contribution < 1.29 is 61.9 Å². The number of hydrogen-bond donors (Lipinski definition) is 3. The first-order valence-electron chi connectivity index (χ1n) is 21.2. The molecule has 0 radical (unpaired) electrons. The Labute approximate surface area is 375 Å². The van der Waals surface area contributed by atoms with Crippen LogP contribution in [0.4, 0.5) is 29.7 Å². The quantitative estimate of drug-likeness (QED) is 0.121. The zero-order chi connectivity index (χ0) is 48.2. The number of aromatic nitrogens is 1. The van der Waals surface area contributed by atoms with E-state index in [2.05, 4.69) is 15.6 Å². The molecule has 0 aliphatic carbocycles. The van der Waals surface area contributed by atoms with Crippen molar-refractivity contribution in [1.29, 1.82) is 0 Å². The van der Waals surface area contributed by atoms with E-state index in [1.807, 2.05) is 6.07 Å². The minimum atomic E-state index is -1.76. The number of H-pyrrole nitrogens is 1. The first-order valence-corrected chi connectivity index (χ1v) is 21.2. The van der Waals surface area contributed by atoms with Gasteiger partial charge in [-0.15, -0.1) is 0 Å². The Balaban J connectivity index is 1.91. The lowest BCUT2D eigenvalue weighted by Gasteiger charge is -2.34. The van der Waals surface area contributed by atoms with Gasteiger partial charge in [-0.2, -0.15) is 0 Å². The van der Waals surface area contributed by atoms with Gasteiger partial charge >= 0.3 is 30.6 Å². The number of alkyl carbamates (subject to hydrolysis) is 2. The number of benzene rings is 2. The molecular formula is C47H66N4O13. The molecule has 17 nitrogen and oxygen atoms in total. The summed E-state index contributed by atoms with van der Waals surface area (Å²) < 4.78 is 38.7. The zero-order valence-corrected chi connectivity index (χ0v) is 39.9. The number of anilines is 1. The van der Waals surface area contributed by atoms with Crippen molar-refractivity contribution in [3.8, 4) is 0 Å². The molecule has 0 spiro atoms. The Morgan fingerprint density at radius 1 is 0.609 bits per heavy atom. The summed E-state index contributed by atoms with van der Waals surface area (Å²) in [6.07, 6.45) is -2.88. The summed E-state index contributed by atoms with van der Waals surface area (Å²) in [6, 6.07) is 10.1. The maximum absolute atomic E-state index is 15.5. The second-order valence-electron chi connectivity index (χ2n) is 20.7. The number of ether oxygens (including phenoxy) is 7. The fourth-order valence-corrected chi connectivity index (χ4v) is 7.02. The van der Waals surface area contributed by atoms with Crippen molar-refractivity contribution in [1.82, 2.24) is 15.6 Å². The van der Waals surface area contributed by atoms with Crippen LogP contribution in [0, 0.1) is 0 Å². The number of fused-ring (bicyclic) bond motifs is 2. The Bertz CT molecular complexity index is 2200. The van der Waals surface area contributed by atoms with E-state index in [9.17, 15) is 24.0 Å². The van der Waals surface area contributed by atoms with Gasteiger partial charge in [0.15, 0.2) is 0 Å². The van der Waals surface area contributed by atoms with Crippen molar-refractivity contribution in [3.05, 3.63) is 65.4 Å². The van der Waals surface area contributed by atoms with Crippen LogP contribution in [0.25, 0.3) is 10.9 Å². The average molecular weight is 895 g/mol. The van der Waals surface area contributed by atoms with Gasteiger partial charge in [-0.3, -0.25) is 4.79 Å². The number of aromatic amines is 1. The van der Waals surface area contributed by atoms with Crippen LogP contribution in [0.15, 0.2) is 48.7 Å². The minimum absolute atomic E-state index is 0.111. The maximum Gasteiger partial charge on any atom is 0.508 e. The summed E-state index contributed by atoms with van der Waals surface area (Å²) in [5, 5.41) is 6.22. The van der Waals surface area contributed by atoms with Crippen LogP contribution in [0.1, 0.15) is 127 Å². The van der Waals surface area contributed by atoms with Crippen molar-refractivity contribution in [2.45, 2.75) is 162 Å². The zero-order valence-electron chi connectivity index (χ0n) is 39.9. The highest BCUT2D eigenvalue weighted by molar-refractivity contribution is 6.23. The molecule has 4 rings (SSSR count). The lowest BCUT2D eigenvalue weighted by atomic mass is 9.70. The van der Waals surface area contributed by atoms with E-state index in [1.54, 1.807) is 146 Å². The van der Waals surface area contributed by atoms with Crippen LogP contribution in [0.3, 0.4) is 0 Å². The van der Waals surface area contributed by atoms with Crippen LogP contribution in [0.2, 0.25) is 0 Å². The molecule has 352 valence electrons. The van der Waals surface area contributed by atoms with Crippen molar-refractivity contribution in [2.75, 3.05) is 18.1 Å². The van der Waals surface area contributed by atoms with Crippen molar-refractivity contribution >= 4 is 53.1 Å². The number of amides is 4. The van der Waals surface area contributed by atoms with E-state index in [0.29, 0.717) is 27.6 Å². The molecule has 0 saturated heterocycles. The molecule has 1 aromatic heterocycles. The molecule has 17 heteroatoms. The maximum atomic E-state index is 15.5. The predicted molar refractivity (Wildman–Crippen MR) is 238 cm³/mol. The third kappa shape index (κ3) is 14.0. The lowest BCUT2D eigenvalue weighted by Crippen LogP contribution is -2.51. The third-order valence-corrected chi connectivity index (χ3v) is 9.05. The summed E-state index contributed by atoms with van der Waals surface area (Å²) in [5.41, 5.74) is -4.04. The Morgan fingerprint density at radius 2 is 1.08 bits per heavy atom. The monoisotopic (exact) mass is 894 g/mol. The Hall–Kier alpha value is -6.00. The molecule has 2 aromatic carbocycles. The van der Waals surface area contributed by atoms with Crippen LogP contribution < -0.4 is 15.5 Å². The van der Waals surface area contributed by atoms with E-state index in [-0.39, 0.29) is 25.1 Å². The number of carbonyl (C=O) groups is 6. The lowest BCUT2D eigenvalue weighted by molar-refractivity contribution is -0.122. The second kappa shape index (κ2) is 19.0. The summed E-state index contributed by atoms with van der Waals surface area (Å²) in [4.78, 5) is 86.1. The SMILES string of the molecule is CC(C)(C)OC(=O)N[C@H](COC(=O)OC(C)(C)C)Cc1c[nH]c2c([C@@]3(C[C@H](COC(=O)OC(C)(C)C)NC(=O)OC(C)(C)C)C(=O)N(C(=O)OC(C)(C)C)c4ccccc43)cccc12. The molecule has 3 aromatic rings. The van der Waals surface area contributed by atoms with E-state index >= 15 is 4.79 Å². The molecule has 1 aliphatic rings. The molecule has 3 atom stereocenters. The fraction of sp³-hybridized carbons (Fsp3) is 0.574. The number of rotatable bonds is 11. The largest absolute Gasteiger partial charge is 0.508 e. The van der Waals surface area contributed by atoms with Gasteiger partial charge in [0, 0.05) is 11.6 Å². The second-order valence-corrected chi connectivity index (χ2v) is 20.7. The van der Waals surface area contributed by atoms with Gasteiger partial charge in [-0.25, -0.2) is 28.9 Å². The predicted octanol–water partition coefficient (Wildman–Crippen LogP) is 9.36. The number of para-hydroxylation sites is 2. The summed E-state index contributed by atoms with van der Waals surface area (Å²) in [5.74, 6) is -0.699. The van der Waals surface area contributed by atoms with Gasteiger partial charge in [0.1, 0.15) is 46.6 Å². The molecule has 2 heterocycles. The average Bonchev–Trinajstić information content (AvgIpc) is 3.61. The number of carbonyl (C=O) groups excluding carboxylic acids is 6. The van der Waals surface area contributed by atoms with Gasteiger partial charge in [0.05, 0.1) is 23.3 Å². The Morgan fingerprint density at radius 3 is 1.59 bits per heavy atom. The van der Waals surface area contributed by atoms with E-state index in [1.165, 1.54) is 0 Å². The smallest absolute Gasteiger partial charge is 0.444 e. The van der Waals surface area contributed by atoms with Crippen LogP contribution in [-0.2, 0) is 49.8 Å². The minimum Gasteiger partial charge on any atom is -0.444 e. The molecule has 0 fully saturated rings. The van der Waals surface area contributed by atoms with Crippen LogP contribution in [-0.4, -0.2) is 94.8 Å². The molecule has 0 bridgehead atoms. The highest BCUT2D eigenvalue weighted by atomic mass is 16.7. The third-order valence-electron chi connectivity index (χ3n) is 9.05. The molecular weight excluding hydrogens is 829 g/mol. The summed E-state index contributed by atoms with van der Waals surface area (Å²) >= 11 is 0. The summed E-state index contributed by atoms with van der Waals surface area (Å²) in [7, 11) is 0. The first-order chi connectivity index (χ1) is 29.3. The highest BCUT2D eigenvalue weighted by Gasteiger charge is 2.57. The molecule has 1 aliphatic heterocycles. The van der Waals surface area contributed by atoms with Gasteiger partial charge < -0.3 is 48.8 Å². The molecule has 4 amide bonds. The van der Waals surface area contributed by atoms with E-state index < -0.39 is 88.6 Å². The molecule has 0 saturated carbocycles. The van der Waals surface area contributed by atoms with Gasteiger partial charge in [-0.1, -0.05) is 36.4 Å². The standard InChI is InChI=1S/C47H66N4O13/c1-42(2,3)60-37(53)49-29(26-58-40(56)63-45(10,11)12)23-28-25-48-35-31(28)19-18-21-33(35)47(32-20-16-17-22-34(32)51(36(47)52)39(55)62-44(7,8)9)24-30(50-38(54)61-43(4,5)6)27-59-41(57)64-46(13,14)15/h16-22,25,29-30,48H,23-24,26-27H2,1-15H3,(H,49,53)(H,50,54)/t29-,30+,47-/m0/s1. The van der Waals surface area contributed by atoms with E-state index in [0.717, 1.165) is 4.90 Å². The van der Waals surface area contributed by atoms with Gasteiger partial charge in [0.2, 0.25) is 0 Å². The van der Waals surface area contributed by atoms with Crippen molar-refractivity contribution in [2.24, 2.45) is 0 Å². The fourth-order valence-electron chi connectivity index (χ4n) is 7.02. The Kier molecular flexibility index (Phi) is 15.0. The van der Waals surface area contributed by atoms with Crippen molar-refractivity contribution in [3.63, 3.8) is 0 Å². The normalized spacial score (nSPS) is 16.5. The van der Waals surface area contributed by atoms with E-state index in [4.69, 9.17) is 33.2 Å². The molecule has 64 heavy (non-hydrogen) atoms. The van der Waals surface area contributed by atoms with Gasteiger partial charge in [0.25, 0.3) is 5.91 Å². The van der Waals surface area contributed by atoms with Crippen LogP contribution >= 0.6 is 0 Å². The number of hydrogen-bond acceptors (Lipinski definition) is 13. The molecule has 3 N–H and O–H groups in total. The summed E-state index contributed by atoms with van der Waals surface area (Å²) in [6.45, 7) is 24.7. The number of nitrogens with zero attached hydrogens (tertiary/aromatic N) is 1.